The van der Waals surface area contributed by atoms with Crippen molar-refractivity contribution in [1.82, 2.24) is 9.88 Å². The summed E-state index contributed by atoms with van der Waals surface area (Å²) in [7, 11) is 3.47. The number of aromatic nitrogens is 1. The van der Waals surface area contributed by atoms with Gasteiger partial charge in [-0.2, -0.15) is 0 Å². The van der Waals surface area contributed by atoms with Crippen LogP contribution in [0.25, 0.3) is 0 Å². The SMILES string of the molecule is CNc1cc(C(=O)N(C)CC(C)(C)O)cc(C(C)(C)C)n1. The third-order valence-corrected chi connectivity index (χ3v) is 3.07. The van der Waals surface area contributed by atoms with Crippen molar-refractivity contribution in [1.29, 1.82) is 0 Å². The molecule has 1 amide bonds. The molecule has 0 bridgehead atoms. The van der Waals surface area contributed by atoms with Crippen LogP contribution in [0.3, 0.4) is 0 Å². The van der Waals surface area contributed by atoms with E-state index in [4.69, 9.17) is 0 Å². The predicted octanol–water partition coefficient (Wildman–Crippen LogP) is 2.26. The van der Waals surface area contributed by atoms with Gasteiger partial charge in [0.2, 0.25) is 0 Å². The van der Waals surface area contributed by atoms with Gasteiger partial charge in [0, 0.05) is 37.3 Å². The van der Waals surface area contributed by atoms with E-state index < -0.39 is 5.60 Å². The van der Waals surface area contributed by atoms with Crippen LogP contribution in [0.15, 0.2) is 12.1 Å². The topological polar surface area (TPSA) is 65.5 Å². The third kappa shape index (κ3) is 5.01. The normalized spacial score (nSPS) is 12.2. The number of anilines is 1. The Morgan fingerprint density at radius 1 is 1.29 bits per heavy atom. The molecule has 0 aromatic carbocycles. The standard InChI is InChI=1S/C16H27N3O2/c1-15(2,3)12-8-11(9-13(17-6)18-12)14(20)19(7)10-16(4,5)21/h8-9,21H,10H2,1-7H3,(H,17,18). The molecule has 0 atom stereocenters. The van der Waals surface area contributed by atoms with E-state index >= 15 is 0 Å². The molecule has 5 heteroatoms. The molecule has 0 spiro atoms. The molecule has 21 heavy (non-hydrogen) atoms. The van der Waals surface area contributed by atoms with Crippen LogP contribution in [0, 0.1) is 0 Å². The molecule has 1 aromatic heterocycles. The van der Waals surface area contributed by atoms with Gasteiger partial charge in [-0.1, -0.05) is 20.8 Å². The summed E-state index contributed by atoms with van der Waals surface area (Å²) in [5, 5.41) is 12.8. The Kier molecular flexibility index (Phi) is 4.99. The predicted molar refractivity (Wildman–Crippen MR) is 85.7 cm³/mol. The summed E-state index contributed by atoms with van der Waals surface area (Å²) >= 11 is 0. The molecule has 0 radical (unpaired) electrons. The first-order chi connectivity index (χ1) is 9.44. The second-order valence-electron chi connectivity index (χ2n) is 7.10. The van der Waals surface area contributed by atoms with E-state index in [1.807, 2.05) is 6.07 Å². The zero-order valence-corrected chi connectivity index (χ0v) is 14.1. The second kappa shape index (κ2) is 6.02. The average Bonchev–Trinajstić information content (AvgIpc) is 2.34. The highest BCUT2D eigenvalue weighted by Gasteiger charge is 2.23. The van der Waals surface area contributed by atoms with Crippen molar-refractivity contribution in [3.05, 3.63) is 23.4 Å². The maximum Gasteiger partial charge on any atom is 0.253 e. The first-order valence-corrected chi connectivity index (χ1v) is 7.12. The fourth-order valence-electron chi connectivity index (χ4n) is 2.04. The molecule has 0 unspecified atom stereocenters. The van der Waals surface area contributed by atoms with Crippen molar-refractivity contribution in [2.45, 2.75) is 45.6 Å². The van der Waals surface area contributed by atoms with Gasteiger partial charge in [-0.15, -0.1) is 0 Å². The molecule has 1 aromatic rings. The molecule has 0 saturated heterocycles. The highest BCUT2D eigenvalue weighted by molar-refractivity contribution is 5.95. The smallest absolute Gasteiger partial charge is 0.253 e. The van der Waals surface area contributed by atoms with Crippen LogP contribution in [0.1, 0.15) is 50.7 Å². The maximum atomic E-state index is 12.5. The number of aliphatic hydroxyl groups is 1. The van der Waals surface area contributed by atoms with Gasteiger partial charge in [0.1, 0.15) is 5.82 Å². The minimum atomic E-state index is -0.921. The fourth-order valence-corrected chi connectivity index (χ4v) is 2.04. The Balaban J connectivity index is 3.15. The van der Waals surface area contributed by atoms with E-state index in [0.717, 1.165) is 5.69 Å². The summed E-state index contributed by atoms with van der Waals surface area (Å²) < 4.78 is 0. The number of hydrogen-bond acceptors (Lipinski definition) is 4. The van der Waals surface area contributed by atoms with E-state index in [0.29, 0.717) is 11.4 Å². The Bertz CT molecular complexity index is 513. The molecule has 1 heterocycles. The number of carbonyl (C=O) groups is 1. The summed E-state index contributed by atoms with van der Waals surface area (Å²) in [4.78, 5) is 18.6. The summed E-state index contributed by atoms with van der Waals surface area (Å²) in [5.41, 5.74) is 0.368. The van der Waals surface area contributed by atoms with Gasteiger partial charge >= 0.3 is 0 Å². The van der Waals surface area contributed by atoms with Crippen LogP contribution in [-0.2, 0) is 5.41 Å². The van der Waals surface area contributed by atoms with Gasteiger partial charge in [0.25, 0.3) is 5.91 Å². The molecule has 1 rings (SSSR count). The summed E-state index contributed by atoms with van der Waals surface area (Å²) in [5.74, 6) is 0.545. The van der Waals surface area contributed by atoms with Crippen LogP contribution in [0.5, 0.6) is 0 Å². The molecular weight excluding hydrogens is 266 g/mol. The zero-order valence-electron chi connectivity index (χ0n) is 14.1. The first kappa shape index (κ1) is 17.4. The lowest BCUT2D eigenvalue weighted by molar-refractivity contribution is 0.0368. The van der Waals surface area contributed by atoms with Crippen molar-refractivity contribution < 1.29 is 9.90 Å². The minimum Gasteiger partial charge on any atom is -0.389 e. The third-order valence-electron chi connectivity index (χ3n) is 3.07. The number of carbonyl (C=O) groups excluding carboxylic acids is 1. The van der Waals surface area contributed by atoms with Crippen LogP contribution >= 0.6 is 0 Å². The largest absolute Gasteiger partial charge is 0.389 e. The van der Waals surface area contributed by atoms with Gasteiger partial charge in [0.05, 0.1) is 5.60 Å². The Morgan fingerprint density at radius 2 is 1.86 bits per heavy atom. The van der Waals surface area contributed by atoms with Crippen LogP contribution < -0.4 is 5.32 Å². The Hall–Kier alpha value is -1.62. The van der Waals surface area contributed by atoms with Crippen LogP contribution in [-0.4, -0.2) is 47.1 Å². The Morgan fingerprint density at radius 3 is 2.29 bits per heavy atom. The van der Waals surface area contributed by atoms with E-state index in [-0.39, 0.29) is 17.9 Å². The van der Waals surface area contributed by atoms with Crippen molar-refractivity contribution in [2.75, 3.05) is 26.0 Å². The molecule has 2 N–H and O–H groups in total. The highest BCUT2D eigenvalue weighted by Crippen LogP contribution is 2.24. The van der Waals surface area contributed by atoms with Gasteiger partial charge in [-0.3, -0.25) is 4.79 Å². The number of nitrogens with one attached hydrogen (secondary N) is 1. The van der Waals surface area contributed by atoms with Gasteiger partial charge < -0.3 is 15.3 Å². The van der Waals surface area contributed by atoms with E-state index in [9.17, 15) is 9.90 Å². The molecule has 0 aliphatic carbocycles. The lowest BCUT2D eigenvalue weighted by Crippen LogP contribution is -2.39. The molecule has 5 nitrogen and oxygen atoms in total. The lowest BCUT2D eigenvalue weighted by Gasteiger charge is -2.26. The summed E-state index contributed by atoms with van der Waals surface area (Å²) in [6, 6.07) is 3.56. The molecule has 0 saturated carbocycles. The quantitative estimate of drug-likeness (QED) is 0.893. The highest BCUT2D eigenvalue weighted by atomic mass is 16.3. The second-order valence-corrected chi connectivity index (χ2v) is 7.10. The van der Waals surface area contributed by atoms with Crippen LogP contribution in [0.2, 0.25) is 0 Å². The molecule has 0 aliphatic rings. The fraction of sp³-hybridized carbons (Fsp3) is 0.625. The summed E-state index contributed by atoms with van der Waals surface area (Å²) in [6.07, 6.45) is 0. The Labute approximate surface area is 127 Å². The number of pyridine rings is 1. The molecular formula is C16H27N3O2. The number of rotatable bonds is 4. The van der Waals surface area contributed by atoms with E-state index in [2.05, 4.69) is 31.1 Å². The molecule has 118 valence electrons. The van der Waals surface area contributed by atoms with Gasteiger partial charge in [0.15, 0.2) is 0 Å². The first-order valence-electron chi connectivity index (χ1n) is 7.12. The van der Waals surface area contributed by atoms with E-state index in [1.54, 1.807) is 34.0 Å². The van der Waals surface area contributed by atoms with E-state index in [1.165, 1.54) is 4.90 Å². The van der Waals surface area contributed by atoms with Crippen molar-refractivity contribution in [2.24, 2.45) is 0 Å². The van der Waals surface area contributed by atoms with Crippen LogP contribution in [0.4, 0.5) is 5.82 Å². The number of amides is 1. The zero-order chi connectivity index (χ0) is 16.4. The van der Waals surface area contributed by atoms with Crippen molar-refractivity contribution in [3.63, 3.8) is 0 Å². The monoisotopic (exact) mass is 293 g/mol. The van der Waals surface area contributed by atoms with Crippen molar-refractivity contribution in [3.8, 4) is 0 Å². The maximum absolute atomic E-state index is 12.5. The van der Waals surface area contributed by atoms with Gasteiger partial charge in [-0.05, 0) is 26.0 Å². The molecule has 0 aliphatic heterocycles. The average molecular weight is 293 g/mol. The van der Waals surface area contributed by atoms with Crippen molar-refractivity contribution >= 4 is 11.7 Å². The molecule has 0 fully saturated rings. The number of likely N-dealkylation sites (N-methyl/N-ethyl adjacent to an activating group) is 1. The minimum absolute atomic E-state index is 0.124. The number of hydrogen-bond donors (Lipinski definition) is 2. The van der Waals surface area contributed by atoms with Gasteiger partial charge in [-0.25, -0.2) is 4.98 Å². The summed E-state index contributed by atoms with van der Waals surface area (Å²) in [6.45, 7) is 9.82. The lowest BCUT2D eigenvalue weighted by atomic mass is 9.90. The number of nitrogens with zero attached hydrogens (tertiary/aromatic N) is 2.